The fourth-order valence-corrected chi connectivity index (χ4v) is 3.81. The van der Waals surface area contributed by atoms with E-state index in [2.05, 4.69) is 45.1 Å². The van der Waals surface area contributed by atoms with Crippen molar-refractivity contribution in [1.29, 1.82) is 0 Å². The number of aromatic nitrogens is 3. The molecule has 128 valence electrons. The number of halogens is 1. The SMILES string of the molecule is Cc1ccc(C=Cc2nc3sc(=Cc4ccccc4Br)c(=O)n3n2)cc1. The number of fused-ring (bicyclic) bond motifs is 1. The number of hydrogen-bond acceptors (Lipinski definition) is 4. The Labute approximate surface area is 162 Å². The van der Waals surface area contributed by atoms with Crippen LogP contribution in [0.4, 0.5) is 0 Å². The Bertz CT molecular complexity index is 1220. The van der Waals surface area contributed by atoms with Gasteiger partial charge in [0.05, 0.1) is 4.53 Å². The van der Waals surface area contributed by atoms with Crippen molar-refractivity contribution < 1.29 is 0 Å². The maximum Gasteiger partial charge on any atom is 0.291 e. The lowest BCUT2D eigenvalue weighted by Crippen LogP contribution is -2.23. The fraction of sp³-hybridized carbons (Fsp3) is 0.0500. The summed E-state index contributed by atoms with van der Waals surface area (Å²) >= 11 is 4.83. The van der Waals surface area contributed by atoms with Gasteiger partial charge < -0.3 is 0 Å². The first-order chi connectivity index (χ1) is 12.6. The summed E-state index contributed by atoms with van der Waals surface area (Å²) in [6, 6.07) is 16.0. The quantitative estimate of drug-likeness (QED) is 0.501. The highest BCUT2D eigenvalue weighted by molar-refractivity contribution is 9.10. The second-order valence-electron chi connectivity index (χ2n) is 5.85. The van der Waals surface area contributed by atoms with Crippen LogP contribution in [-0.2, 0) is 0 Å². The van der Waals surface area contributed by atoms with Crippen molar-refractivity contribution in [2.75, 3.05) is 0 Å². The molecule has 0 amide bonds. The second-order valence-corrected chi connectivity index (χ2v) is 7.71. The monoisotopic (exact) mass is 423 g/mol. The van der Waals surface area contributed by atoms with Crippen LogP contribution in [0.5, 0.6) is 0 Å². The molecule has 4 nitrogen and oxygen atoms in total. The van der Waals surface area contributed by atoms with Gasteiger partial charge in [-0.05, 0) is 36.3 Å². The molecule has 0 aliphatic heterocycles. The molecular formula is C20H14BrN3OS. The Hall–Kier alpha value is -2.57. The molecule has 4 rings (SSSR count). The van der Waals surface area contributed by atoms with Crippen molar-refractivity contribution in [2.45, 2.75) is 6.92 Å². The van der Waals surface area contributed by atoms with E-state index in [1.165, 1.54) is 21.4 Å². The van der Waals surface area contributed by atoms with Crippen molar-refractivity contribution in [3.8, 4) is 0 Å². The van der Waals surface area contributed by atoms with Gasteiger partial charge >= 0.3 is 0 Å². The third-order valence-electron chi connectivity index (χ3n) is 3.89. The van der Waals surface area contributed by atoms with Crippen LogP contribution in [0, 0.1) is 6.92 Å². The summed E-state index contributed by atoms with van der Waals surface area (Å²) in [6.07, 6.45) is 5.62. The Balaban J connectivity index is 1.69. The molecule has 2 heterocycles. The number of thiazole rings is 1. The molecule has 2 aromatic carbocycles. The van der Waals surface area contributed by atoms with Crippen LogP contribution in [0.25, 0.3) is 23.2 Å². The number of nitrogens with zero attached hydrogens (tertiary/aromatic N) is 3. The summed E-state index contributed by atoms with van der Waals surface area (Å²) in [5.41, 5.74) is 3.09. The van der Waals surface area contributed by atoms with Gasteiger partial charge in [0.2, 0.25) is 4.96 Å². The van der Waals surface area contributed by atoms with Gasteiger partial charge in [0.25, 0.3) is 5.56 Å². The summed E-state index contributed by atoms with van der Waals surface area (Å²) < 4.78 is 2.92. The molecule has 0 spiro atoms. The van der Waals surface area contributed by atoms with Gasteiger partial charge in [-0.3, -0.25) is 4.79 Å². The molecule has 26 heavy (non-hydrogen) atoms. The van der Waals surface area contributed by atoms with Gasteiger partial charge in [-0.1, -0.05) is 81.4 Å². The van der Waals surface area contributed by atoms with Crippen molar-refractivity contribution in [2.24, 2.45) is 0 Å². The van der Waals surface area contributed by atoms with Crippen LogP contribution >= 0.6 is 27.3 Å². The molecule has 0 saturated heterocycles. The summed E-state index contributed by atoms with van der Waals surface area (Å²) in [4.78, 5) is 17.6. The van der Waals surface area contributed by atoms with E-state index in [4.69, 9.17) is 0 Å². The van der Waals surface area contributed by atoms with Crippen molar-refractivity contribution in [1.82, 2.24) is 14.6 Å². The molecule has 0 N–H and O–H groups in total. The summed E-state index contributed by atoms with van der Waals surface area (Å²) in [7, 11) is 0. The second kappa shape index (κ2) is 6.97. The number of rotatable bonds is 3. The van der Waals surface area contributed by atoms with Crippen LogP contribution in [0.2, 0.25) is 0 Å². The van der Waals surface area contributed by atoms with Crippen LogP contribution in [-0.4, -0.2) is 14.6 Å². The molecule has 6 heteroatoms. The topological polar surface area (TPSA) is 47.3 Å². The average Bonchev–Trinajstić information content (AvgIpc) is 3.16. The standard InChI is InChI=1S/C20H14BrN3OS/c1-13-6-8-14(9-7-13)10-11-18-22-20-24(23-18)19(25)17(26-20)12-15-4-2-3-5-16(15)21/h2-12H,1H3. The Morgan fingerprint density at radius 3 is 2.58 bits per heavy atom. The van der Waals surface area contributed by atoms with Crippen molar-refractivity contribution in [3.63, 3.8) is 0 Å². The zero-order chi connectivity index (χ0) is 18.1. The van der Waals surface area contributed by atoms with Crippen molar-refractivity contribution >= 4 is 50.5 Å². The number of hydrogen-bond donors (Lipinski definition) is 0. The Morgan fingerprint density at radius 1 is 1.08 bits per heavy atom. The van der Waals surface area contributed by atoms with E-state index >= 15 is 0 Å². The van der Waals surface area contributed by atoms with Gasteiger partial charge in [0.15, 0.2) is 5.82 Å². The van der Waals surface area contributed by atoms with E-state index in [-0.39, 0.29) is 5.56 Å². The summed E-state index contributed by atoms with van der Waals surface area (Å²) in [6.45, 7) is 2.05. The zero-order valence-electron chi connectivity index (χ0n) is 13.9. The van der Waals surface area contributed by atoms with E-state index in [9.17, 15) is 4.79 Å². The van der Waals surface area contributed by atoms with E-state index in [1.807, 2.05) is 54.6 Å². The molecule has 0 saturated carbocycles. The van der Waals surface area contributed by atoms with Crippen molar-refractivity contribution in [3.05, 3.63) is 90.4 Å². The molecular weight excluding hydrogens is 410 g/mol. The minimum atomic E-state index is -0.150. The third kappa shape index (κ3) is 3.38. The van der Waals surface area contributed by atoms with Gasteiger partial charge in [-0.2, -0.15) is 9.50 Å². The van der Waals surface area contributed by atoms with Gasteiger partial charge in [-0.15, -0.1) is 5.10 Å². The lowest BCUT2D eigenvalue weighted by atomic mass is 10.1. The van der Waals surface area contributed by atoms with Crippen LogP contribution < -0.4 is 10.1 Å². The van der Waals surface area contributed by atoms with Crippen LogP contribution in [0.1, 0.15) is 22.5 Å². The first-order valence-electron chi connectivity index (χ1n) is 8.01. The molecule has 2 aromatic heterocycles. The fourth-order valence-electron chi connectivity index (χ4n) is 2.50. The van der Waals surface area contributed by atoms with E-state index in [0.717, 1.165) is 15.6 Å². The minimum absolute atomic E-state index is 0.150. The molecule has 0 bridgehead atoms. The predicted octanol–water partition coefficient (Wildman–Crippen LogP) is 3.94. The molecule has 4 aromatic rings. The molecule has 0 radical (unpaired) electrons. The number of benzene rings is 2. The average molecular weight is 424 g/mol. The lowest BCUT2D eigenvalue weighted by molar-refractivity contribution is 0.925. The normalized spacial score (nSPS) is 12.5. The Kier molecular flexibility index (Phi) is 4.53. The highest BCUT2D eigenvalue weighted by Gasteiger charge is 2.09. The van der Waals surface area contributed by atoms with Gasteiger partial charge in [-0.25, -0.2) is 0 Å². The summed E-state index contributed by atoms with van der Waals surface area (Å²) in [5.74, 6) is 0.529. The molecule has 0 unspecified atom stereocenters. The predicted molar refractivity (Wildman–Crippen MR) is 110 cm³/mol. The third-order valence-corrected chi connectivity index (χ3v) is 5.57. The molecule has 0 fully saturated rings. The highest BCUT2D eigenvalue weighted by Crippen LogP contribution is 2.16. The lowest BCUT2D eigenvalue weighted by Gasteiger charge is -1.94. The molecule has 0 aliphatic carbocycles. The minimum Gasteiger partial charge on any atom is -0.266 e. The maximum atomic E-state index is 12.6. The van der Waals surface area contributed by atoms with Gasteiger partial charge in [0.1, 0.15) is 0 Å². The first kappa shape index (κ1) is 16.9. The zero-order valence-corrected chi connectivity index (χ0v) is 16.3. The first-order valence-corrected chi connectivity index (χ1v) is 9.62. The molecule has 0 atom stereocenters. The van der Waals surface area contributed by atoms with E-state index < -0.39 is 0 Å². The highest BCUT2D eigenvalue weighted by atomic mass is 79.9. The smallest absolute Gasteiger partial charge is 0.266 e. The van der Waals surface area contributed by atoms with Gasteiger partial charge in [0, 0.05) is 4.47 Å². The Morgan fingerprint density at radius 2 is 1.85 bits per heavy atom. The van der Waals surface area contributed by atoms with Crippen LogP contribution in [0.15, 0.2) is 57.8 Å². The molecule has 0 aliphatic rings. The summed E-state index contributed by atoms with van der Waals surface area (Å²) in [5, 5.41) is 4.31. The maximum absolute atomic E-state index is 12.6. The van der Waals surface area contributed by atoms with E-state index in [0.29, 0.717) is 15.3 Å². The van der Waals surface area contributed by atoms with Crippen LogP contribution in [0.3, 0.4) is 0 Å². The largest absolute Gasteiger partial charge is 0.291 e. The number of aryl methyl sites for hydroxylation is 1. The van der Waals surface area contributed by atoms with E-state index in [1.54, 1.807) is 0 Å².